The molecular formula is C26H27N5O3S. The number of ether oxygens (including phenoxy) is 1. The Hall–Kier alpha value is -3.72. The molecule has 0 saturated heterocycles. The molecule has 8 nitrogen and oxygen atoms in total. The lowest BCUT2D eigenvalue weighted by Gasteiger charge is -2.21. The molecule has 1 aliphatic heterocycles. The van der Waals surface area contributed by atoms with Gasteiger partial charge in [0.1, 0.15) is 12.3 Å². The van der Waals surface area contributed by atoms with E-state index in [4.69, 9.17) is 9.72 Å². The summed E-state index contributed by atoms with van der Waals surface area (Å²) >= 11 is 0. The van der Waals surface area contributed by atoms with Crippen LogP contribution in [-0.4, -0.2) is 41.8 Å². The third-order valence-electron chi connectivity index (χ3n) is 6.14. The van der Waals surface area contributed by atoms with Crippen molar-refractivity contribution in [1.82, 2.24) is 15.0 Å². The van der Waals surface area contributed by atoms with E-state index in [1.165, 1.54) is 0 Å². The van der Waals surface area contributed by atoms with Gasteiger partial charge in [-0.15, -0.1) is 0 Å². The van der Waals surface area contributed by atoms with Crippen molar-refractivity contribution in [2.75, 3.05) is 23.8 Å². The number of nitrogens with one attached hydrogen (secondary N) is 2. The molecule has 0 spiro atoms. The van der Waals surface area contributed by atoms with Crippen LogP contribution in [0.5, 0.6) is 5.88 Å². The average Bonchev–Trinajstić information content (AvgIpc) is 2.85. The highest BCUT2D eigenvalue weighted by Gasteiger charge is 2.18. The molecule has 0 radical (unpaired) electrons. The number of hydrogen-bond acceptors (Lipinski definition) is 8. The van der Waals surface area contributed by atoms with Crippen molar-refractivity contribution < 1.29 is 13.2 Å². The van der Waals surface area contributed by atoms with E-state index >= 15 is 0 Å². The number of benzene rings is 2. The smallest absolute Gasteiger partial charge is 0.237 e. The third kappa shape index (κ3) is 4.77. The Morgan fingerprint density at radius 1 is 1.09 bits per heavy atom. The zero-order valence-electron chi connectivity index (χ0n) is 19.9. The Labute approximate surface area is 204 Å². The van der Waals surface area contributed by atoms with Crippen molar-refractivity contribution in [3.63, 3.8) is 0 Å². The molecule has 0 fully saturated rings. The molecule has 3 heterocycles. The number of fused-ring (bicyclic) bond motifs is 2. The average molecular weight is 490 g/mol. The fraction of sp³-hybridized carbons (Fsp3) is 0.269. The molecule has 0 atom stereocenters. The highest BCUT2D eigenvalue weighted by atomic mass is 32.2. The maximum atomic E-state index is 12.2. The fourth-order valence-corrected chi connectivity index (χ4v) is 4.97. The van der Waals surface area contributed by atoms with Gasteiger partial charge in [0.05, 0.1) is 16.5 Å². The van der Waals surface area contributed by atoms with Gasteiger partial charge in [-0.05, 0) is 55.7 Å². The van der Waals surface area contributed by atoms with Crippen molar-refractivity contribution in [3.8, 4) is 17.0 Å². The van der Waals surface area contributed by atoms with E-state index in [1.54, 1.807) is 20.0 Å². The molecule has 0 unspecified atom stereocenters. The Morgan fingerprint density at radius 3 is 2.66 bits per heavy atom. The molecule has 4 aromatic rings. The second-order valence-corrected chi connectivity index (χ2v) is 11.5. The Morgan fingerprint density at radius 2 is 1.89 bits per heavy atom. The molecule has 0 saturated carbocycles. The van der Waals surface area contributed by atoms with Gasteiger partial charge in [-0.2, -0.15) is 0 Å². The third-order valence-corrected chi connectivity index (χ3v) is 8.31. The first-order valence-corrected chi connectivity index (χ1v) is 13.2. The first-order chi connectivity index (χ1) is 16.8. The van der Waals surface area contributed by atoms with E-state index in [0.717, 1.165) is 51.1 Å². The minimum absolute atomic E-state index is 0.0266. The van der Waals surface area contributed by atoms with Gasteiger partial charge in [-0.3, -0.25) is 0 Å². The summed E-state index contributed by atoms with van der Waals surface area (Å²) in [5.41, 5.74) is 6.39. The van der Waals surface area contributed by atoms with Gasteiger partial charge < -0.3 is 15.4 Å². The minimum atomic E-state index is -3.14. The summed E-state index contributed by atoms with van der Waals surface area (Å²) in [7, 11) is -3.14. The first kappa shape index (κ1) is 23.0. The summed E-state index contributed by atoms with van der Waals surface area (Å²) in [6, 6.07) is 13.4. The van der Waals surface area contributed by atoms with Crippen LogP contribution in [0.4, 0.5) is 17.3 Å². The van der Waals surface area contributed by atoms with Gasteiger partial charge in [0, 0.05) is 35.6 Å². The van der Waals surface area contributed by atoms with Gasteiger partial charge in [-0.1, -0.05) is 24.3 Å². The number of pyridine rings is 1. The van der Waals surface area contributed by atoms with E-state index in [1.807, 2.05) is 48.7 Å². The van der Waals surface area contributed by atoms with Crippen molar-refractivity contribution in [1.29, 1.82) is 0 Å². The molecule has 5 rings (SSSR count). The molecule has 2 N–H and O–H groups in total. The van der Waals surface area contributed by atoms with Crippen molar-refractivity contribution >= 4 is 38.1 Å². The number of anilines is 3. The quantitative estimate of drug-likeness (QED) is 0.395. The summed E-state index contributed by atoms with van der Waals surface area (Å²) in [6.07, 6.45) is 3.62. The molecular weight excluding hydrogens is 462 g/mol. The summed E-state index contributed by atoms with van der Waals surface area (Å²) in [6.45, 7) is 6.82. The standard InChI is InChI=1S/C26H27N5O3S/c1-16(2)35(32,33)15-18-4-8-21(9-5-18)30-26-29-13-20-7-6-19(12-23(20)31-26)22-14-28-25-24(17(22)3)27-10-11-34-25/h4-9,12-14,16,27H,10-11,15H2,1-3H3,(H,29,30,31). The van der Waals surface area contributed by atoms with Gasteiger partial charge in [0.2, 0.25) is 11.8 Å². The zero-order chi connectivity index (χ0) is 24.6. The second-order valence-electron chi connectivity index (χ2n) is 8.90. The second kappa shape index (κ2) is 9.14. The molecule has 0 amide bonds. The Kier molecular flexibility index (Phi) is 6.02. The minimum Gasteiger partial charge on any atom is -0.474 e. The maximum Gasteiger partial charge on any atom is 0.237 e. The topological polar surface area (TPSA) is 106 Å². The molecule has 35 heavy (non-hydrogen) atoms. The van der Waals surface area contributed by atoms with Crippen molar-refractivity contribution in [3.05, 3.63) is 66.0 Å². The van der Waals surface area contributed by atoms with Crippen LogP contribution < -0.4 is 15.4 Å². The molecule has 2 aromatic heterocycles. The highest BCUT2D eigenvalue weighted by Crippen LogP contribution is 2.36. The number of nitrogens with zero attached hydrogens (tertiary/aromatic N) is 3. The SMILES string of the molecule is Cc1c(-c2ccc3cnc(Nc4ccc(CS(=O)(=O)C(C)C)cc4)nc3c2)cnc2c1NCCO2. The van der Waals surface area contributed by atoms with Crippen LogP contribution in [-0.2, 0) is 15.6 Å². The Bertz CT molecular complexity index is 1500. The van der Waals surface area contributed by atoms with E-state index in [-0.39, 0.29) is 5.75 Å². The van der Waals surface area contributed by atoms with Gasteiger partial charge in [0.15, 0.2) is 9.84 Å². The predicted molar refractivity (Wildman–Crippen MR) is 139 cm³/mol. The van der Waals surface area contributed by atoms with Crippen molar-refractivity contribution in [2.45, 2.75) is 31.8 Å². The lowest BCUT2D eigenvalue weighted by atomic mass is 10.00. The monoisotopic (exact) mass is 489 g/mol. The van der Waals surface area contributed by atoms with Gasteiger partial charge in [-0.25, -0.2) is 23.4 Å². The highest BCUT2D eigenvalue weighted by molar-refractivity contribution is 7.91. The van der Waals surface area contributed by atoms with Crippen LogP contribution >= 0.6 is 0 Å². The largest absolute Gasteiger partial charge is 0.474 e. The number of sulfone groups is 1. The number of hydrogen-bond donors (Lipinski definition) is 2. The summed E-state index contributed by atoms with van der Waals surface area (Å²) in [5, 5.41) is 7.12. The van der Waals surface area contributed by atoms with Gasteiger partial charge >= 0.3 is 0 Å². The van der Waals surface area contributed by atoms with Crippen LogP contribution in [0.1, 0.15) is 25.0 Å². The summed E-state index contributed by atoms with van der Waals surface area (Å²) < 4.78 is 30.0. The molecule has 9 heteroatoms. The molecule has 0 aliphatic carbocycles. The van der Waals surface area contributed by atoms with Crippen LogP contribution in [0.15, 0.2) is 54.9 Å². The van der Waals surface area contributed by atoms with Crippen LogP contribution in [0.25, 0.3) is 22.0 Å². The van der Waals surface area contributed by atoms with E-state index < -0.39 is 15.1 Å². The Balaban J connectivity index is 1.39. The lowest BCUT2D eigenvalue weighted by molar-refractivity contribution is 0.310. The van der Waals surface area contributed by atoms with E-state index in [2.05, 4.69) is 27.5 Å². The lowest BCUT2D eigenvalue weighted by Crippen LogP contribution is -2.20. The number of aromatic nitrogens is 3. The normalized spacial score (nSPS) is 13.3. The van der Waals surface area contributed by atoms with Crippen LogP contribution in [0.2, 0.25) is 0 Å². The molecule has 180 valence electrons. The fourth-order valence-electron chi connectivity index (χ4n) is 3.98. The zero-order valence-corrected chi connectivity index (χ0v) is 20.7. The summed E-state index contributed by atoms with van der Waals surface area (Å²) in [5.74, 6) is 1.13. The van der Waals surface area contributed by atoms with Gasteiger partial charge in [0.25, 0.3) is 0 Å². The van der Waals surface area contributed by atoms with Crippen LogP contribution in [0.3, 0.4) is 0 Å². The first-order valence-electron chi connectivity index (χ1n) is 11.5. The van der Waals surface area contributed by atoms with Crippen molar-refractivity contribution in [2.24, 2.45) is 0 Å². The maximum absolute atomic E-state index is 12.2. The molecule has 2 aromatic carbocycles. The summed E-state index contributed by atoms with van der Waals surface area (Å²) in [4.78, 5) is 13.6. The van der Waals surface area contributed by atoms with E-state index in [9.17, 15) is 8.42 Å². The number of rotatable bonds is 6. The molecule has 0 bridgehead atoms. The predicted octanol–water partition coefficient (Wildman–Crippen LogP) is 4.87. The van der Waals surface area contributed by atoms with E-state index in [0.29, 0.717) is 18.4 Å². The molecule has 1 aliphatic rings. The van der Waals surface area contributed by atoms with Crippen LogP contribution in [0, 0.1) is 6.92 Å².